The molecular formula is C11H18N2O2. The summed E-state index contributed by atoms with van der Waals surface area (Å²) in [6.07, 6.45) is 2.55. The van der Waals surface area contributed by atoms with Crippen LogP contribution in [0.25, 0.3) is 0 Å². The molecule has 0 saturated carbocycles. The molecule has 1 heterocycles. The average molecular weight is 210 g/mol. The van der Waals surface area contributed by atoms with Crippen LogP contribution in [0.3, 0.4) is 0 Å². The standard InChI is InChI=1S/C11H18N2O2/c1-3-5-11(15)13-8-6-12(7-9-13)10(14)4-2/h3H,1,4-9H2,2H3. The summed E-state index contributed by atoms with van der Waals surface area (Å²) in [7, 11) is 0. The van der Waals surface area contributed by atoms with Crippen LogP contribution < -0.4 is 0 Å². The van der Waals surface area contributed by atoms with Crippen LogP contribution in [0.2, 0.25) is 0 Å². The van der Waals surface area contributed by atoms with E-state index < -0.39 is 0 Å². The molecule has 0 radical (unpaired) electrons. The predicted molar refractivity (Wildman–Crippen MR) is 58.3 cm³/mol. The number of hydrogen-bond acceptors (Lipinski definition) is 2. The van der Waals surface area contributed by atoms with E-state index in [2.05, 4.69) is 6.58 Å². The number of carbonyl (C=O) groups excluding carboxylic acids is 2. The summed E-state index contributed by atoms with van der Waals surface area (Å²) in [5, 5.41) is 0. The summed E-state index contributed by atoms with van der Waals surface area (Å²) in [5.41, 5.74) is 0. The van der Waals surface area contributed by atoms with E-state index >= 15 is 0 Å². The minimum atomic E-state index is 0.105. The summed E-state index contributed by atoms with van der Waals surface area (Å²) in [4.78, 5) is 26.5. The first kappa shape index (κ1) is 11.8. The number of nitrogens with zero attached hydrogens (tertiary/aromatic N) is 2. The van der Waals surface area contributed by atoms with E-state index in [1.165, 1.54) is 0 Å². The molecule has 1 aliphatic heterocycles. The Kier molecular flexibility index (Phi) is 4.34. The number of piperazine rings is 1. The number of hydrogen-bond donors (Lipinski definition) is 0. The van der Waals surface area contributed by atoms with Gasteiger partial charge in [0.2, 0.25) is 11.8 Å². The normalized spacial score (nSPS) is 16.3. The van der Waals surface area contributed by atoms with Crippen LogP contribution in [0.1, 0.15) is 19.8 Å². The molecule has 4 heteroatoms. The lowest BCUT2D eigenvalue weighted by molar-refractivity contribution is -0.138. The van der Waals surface area contributed by atoms with Crippen molar-refractivity contribution >= 4 is 11.8 Å². The maximum Gasteiger partial charge on any atom is 0.226 e. The highest BCUT2D eigenvalue weighted by Crippen LogP contribution is 2.05. The Labute approximate surface area is 90.5 Å². The van der Waals surface area contributed by atoms with Crippen molar-refractivity contribution in [2.75, 3.05) is 26.2 Å². The van der Waals surface area contributed by atoms with E-state index in [0.717, 1.165) is 0 Å². The van der Waals surface area contributed by atoms with Gasteiger partial charge in [0.1, 0.15) is 0 Å². The third-order valence-electron chi connectivity index (χ3n) is 2.61. The van der Waals surface area contributed by atoms with Crippen molar-refractivity contribution in [1.29, 1.82) is 0 Å². The molecule has 0 atom stereocenters. The summed E-state index contributed by atoms with van der Waals surface area (Å²) in [6.45, 7) is 8.03. The molecule has 0 spiro atoms. The lowest BCUT2D eigenvalue weighted by Crippen LogP contribution is -2.50. The predicted octanol–water partition coefficient (Wildman–Crippen LogP) is 0.643. The largest absolute Gasteiger partial charge is 0.339 e. The van der Waals surface area contributed by atoms with Gasteiger partial charge in [-0.15, -0.1) is 6.58 Å². The zero-order chi connectivity index (χ0) is 11.3. The van der Waals surface area contributed by atoms with Gasteiger partial charge in [-0.3, -0.25) is 9.59 Å². The first-order chi connectivity index (χ1) is 7.19. The van der Waals surface area contributed by atoms with Gasteiger partial charge in [0.25, 0.3) is 0 Å². The third-order valence-corrected chi connectivity index (χ3v) is 2.61. The molecule has 0 aromatic heterocycles. The summed E-state index contributed by atoms with van der Waals surface area (Å²) >= 11 is 0. The van der Waals surface area contributed by atoms with Gasteiger partial charge in [-0.2, -0.15) is 0 Å². The molecule has 15 heavy (non-hydrogen) atoms. The van der Waals surface area contributed by atoms with Gasteiger partial charge >= 0.3 is 0 Å². The molecule has 4 nitrogen and oxygen atoms in total. The molecule has 0 aliphatic carbocycles. The molecule has 0 unspecified atom stereocenters. The second kappa shape index (κ2) is 5.53. The van der Waals surface area contributed by atoms with E-state index in [0.29, 0.717) is 39.0 Å². The topological polar surface area (TPSA) is 40.6 Å². The highest BCUT2D eigenvalue weighted by Gasteiger charge is 2.22. The lowest BCUT2D eigenvalue weighted by Gasteiger charge is -2.34. The Bertz CT molecular complexity index is 255. The zero-order valence-electron chi connectivity index (χ0n) is 9.24. The second-order valence-electron chi connectivity index (χ2n) is 3.61. The van der Waals surface area contributed by atoms with E-state index in [-0.39, 0.29) is 11.8 Å². The molecule has 1 aliphatic rings. The first-order valence-electron chi connectivity index (χ1n) is 5.35. The molecule has 0 aromatic rings. The van der Waals surface area contributed by atoms with Crippen LogP contribution >= 0.6 is 0 Å². The van der Waals surface area contributed by atoms with Crippen LogP contribution in [-0.4, -0.2) is 47.8 Å². The number of amides is 2. The van der Waals surface area contributed by atoms with E-state index in [1.54, 1.807) is 11.0 Å². The van der Waals surface area contributed by atoms with Crippen LogP contribution in [-0.2, 0) is 9.59 Å². The highest BCUT2D eigenvalue weighted by atomic mass is 16.2. The Balaban J connectivity index is 2.38. The molecular weight excluding hydrogens is 192 g/mol. The summed E-state index contributed by atoms with van der Waals surface area (Å²) < 4.78 is 0. The molecule has 0 bridgehead atoms. The fraction of sp³-hybridized carbons (Fsp3) is 0.636. The fourth-order valence-electron chi connectivity index (χ4n) is 1.68. The minimum Gasteiger partial charge on any atom is -0.339 e. The Morgan fingerprint density at radius 3 is 2.00 bits per heavy atom. The smallest absolute Gasteiger partial charge is 0.226 e. The molecule has 2 amide bonds. The van der Waals surface area contributed by atoms with Crippen molar-refractivity contribution < 1.29 is 9.59 Å². The maximum atomic E-state index is 11.5. The quantitative estimate of drug-likeness (QED) is 0.641. The molecule has 84 valence electrons. The van der Waals surface area contributed by atoms with Crippen molar-refractivity contribution in [1.82, 2.24) is 9.80 Å². The van der Waals surface area contributed by atoms with Crippen LogP contribution in [0.4, 0.5) is 0 Å². The van der Waals surface area contributed by atoms with Gasteiger partial charge in [-0.25, -0.2) is 0 Å². The molecule has 1 rings (SSSR count). The van der Waals surface area contributed by atoms with Crippen LogP contribution in [0, 0.1) is 0 Å². The Hall–Kier alpha value is -1.32. The van der Waals surface area contributed by atoms with Crippen molar-refractivity contribution in [2.45, 2.75) is 19.8 Å². The van der Waals surface area contributed by atoms with Crippen molar-refractivity contribution in [3.05, 3.63) is 12.7 Å². The van der Waals surface area contributed by atoms with E-state index in [1.807, 2.05) is 11.8 Å². The summed E-state index contributed by atoms with van der Waals surface area (Å²) in [5.74, 6) is 0.277. The van der Waals surface area contributed by atoms with Gasteiger partial charge in [-0.1, -0.05) is 13.0 Å². The SMILES string of the molecule is C=CCC(=O)N1CCN(C(=O)CC)CC1. The Morgan fingerprint density at radius 2 is 1.60 bits per heavy atom. The Morgan fingerprint density at radius 1 is 1.13 bits per heavy atom. The second-order valence-corrected chi connectivity index (χ2v) is 3.61. The van der Waals surface area contributed by atoms with Crippen molar-refractivity contribution in [2.24, 2.45) is 0 Å². The number of carbonyl (C=O) groups is 2. The third kappa shape index (κ3) is 3.08. The van der Waals surface area contributed by atoms with Crippen molar-refractivity contribution in [3.63, 3.8) is 0 Å². The zero-order valence-corrected chi connectivity index (χ0v) is 9.24. The lowest BCUT2D eigenvalue weighted by atomic mass is 10.2. The van der Waals surface area contributed by atoms with Crippen LogP contribution in [0.5, 0.6) is 0 Å². The fourth-order valence-corrected chi connectivity index (χ4v) is 1.68. The van der Waals surface area contributed by atoms with E-state index in [9.17, 15) is 9.59 Å². The van der Waals surface area contributed by atoms with Gasteiger partial charge in [0, 0.05) is 39.0 Å². The molecule has 0 aromatic carbocycles. The van der Waals surface area contributed by atoms with Gasteiger partial charge in [0.15, 0.2) is 0 Å². The molecule has 1 saturated heterocycles. The summed E-state index contributed by atoms with van der Waals surface area (Å²) in [6, 6.07) is 0. The van der Waals surface area contributed by atoms with E-state index in [4.69, 9.17) is 0 Å². The number of rotatable bonds is 3. The first-order valence-corrected chi connectivity index (χ1v) is 5.35. The minimum absolute atomic E-state index is 0.105. The van der Waals surface area contributed by atoms with Gasteiger partial charge in [0.05, 0.1) is 0 Å². The van der Waals surface area contributed by atoms with Gasteiger partial charge in [-0.05, 0) is 0 Å². The molecule has 0 N–H and O–H groups in total. The maximum absolute atomic E-state index is 11.5. The highest BCUT2D eigenvalue weighted by molar-refractivity contribution is 5.79. The van der Waals surface area contributed by atoms with Crippen molar-refractivity contribution in [3.8, 4) is 0 Å². The van der Waals surface area contributed by atoms with Gasteiger partial charge < -0.3 is 9.80 Å². The monoisotopic (exact) mass is 210 g/mol. The average Bonchev–Trinajstić information content (AvgIpc) is 2.28. The molecule has 1 fully saturated rings. The van der Waals surface area contributed by atoms with Crippen LogP contribution in [0.15, 0.2) is 12.7 Å².